The number of amides is 2. The summed E-state index contributed by atoms with van der Waals surface area (Å²) < 4.78 is 7.53. The van der Waals surface area contributed by atoms with Gasteiger partial charge in [-0.05, 0) is 49.1 Å². The summed E-state index contributed by atoms with van der Waals surface area (Å²) in [7, 11) is 1.62. The first-order valence-corrected chi connectivity index (χ1v) is 10.8. The lowest BCUT2D eigenvalue weighted by Crippen LogP contribution is -2.42. The Bertz CT molecular complexity index is 1130. The van der Waals surface area contributed by atoms with Gasteiger partial charge in [0.1, 0.15) is 5.75 Å². The Balaban J connectivity index is 1.52. The maximum Gasteiger partial charge on any atom is 0.254 e. The Morgan fingerprint density at radius 3 is 2.65 bits per heavy atom. The molecule has 6 heteroatoms. The van der Waals surface area contributed by atoms with Crippen molar-refractivity contribution in [3.05, 3.63) is 64.8 Å². The zero-order valence-corrected chi connectivity index (χ0v) is 18.4. The highest BCUT2D eigenvalue weighted by Gasteiger charge is 2.23. The second-order valence-electron chi connectivity index (χ2n) is 8.01. The maximum atomic E-state index is 13.1. The van der Waals surface area contributed by atoms with Crippen LogP contribution in [0.5, 0.6) is 5.75 Å². The standard InChI is InChI=1S/C25H29N3O3/c1-4-12-28-17(2)24(21-14-20(31-3)9-10-22(21)28)25(30)26-15-23(29)27-13-11-18-7-5-6-8-19(18)16-27/h5-10,14H,4,11-13,15-16H2,1-3H3,(H,26,30). The molecule has 2 amide bonds. The molecule has 0 radical (unpaired) electrons. The van der Waals surface area contributed by atoms with Crippen molar-refractivity contribution in [1.82, 2.24) is 14.8 Å². The van der Waals surface area contributed by atoms with Gasteiger partial charge in [0.15, 0.2) is 0 Å². The van der Waals surface area contributed by atoms with E-state index in [9.17, 15) is 9.59 Å². The summed E-state index contributed by atoms with van der Waals surface area (Å²) in [5, 5.41) is 3.71. The largest absolute Gasteiger partial charge is 0.497 e. The van der Waals surface area contributed by atoms with Crippen LogP contribution in [0, 0.1) is 6.92 Å². The molecule has 4 rings (SSSR count). The maximum absolute atomic E-state index is 13.1. The van der Waals surface area contributed by atoms with E-state index in [1.54, 1.807) is 7.11 Å². The normalized spacial score (nSPS) is 13.2. The molecule has 2 aromatic carbocycles. The van der Waals surface area contributed by atoms with Crippen molar-refractivity contribution in [3.63, 3.8) is 0 Å². The summed E-state index contributed by atoms with van der Waals surface area (Å²) in [6.07, 6.45) is 1.81. The van der Waals surface area contributed by atoms with Crippen LogP contribution < -0.4 is 10.1 Å². The number of carbonyl (C=O) groups is 2. The van der Waals surface area contributed by atoms with E-state index in [0.29, 0.717) is 24.4 Å². The van der Waals surface area contributed by atoms with Gasteiger partial charge in [-0.15, -0.1) is 0 Å². The summed E-state index contributed by atoms with van der Waals surface area (Å²) in [6.45, 7) is 6.16. The molecule has 31 heavy (non-hydrogen) atoms. The molecule has 162 valence electrons. The van der Waals surface area contributed by atoms with Gasteiger partial charge in [0.05, 0.1) is 19.2 Å². The fourth-order valence-corrected chi connectivity index (χ4v) is 4.45. The van der Waals surface area contributed by atoms with Gasteiger partial charge in [0.25, 0.3) is 5.91 Å². The molecule has 6 nitrogen and oxygen atoms in total. The second-order valence-corrected chi connectivity index (χ2v) is 8.01. The molecule has 0 fully saturated rings. The van der Waals surface area contributed by atoms with Gasteiger partial charge in [-0.25, -0.2) is 0 Å². The van der Waals surface area contributed by atoms with E-state index in [1.807, 2.05) is 42.2 Å². The van der Waals surface area contributed by atoms with Gasteiger partial charge in [-0.1, -0.05) is 31.2 Å². The van der Waals surface area contributed by atoms with Crippen LogP contribution in [0.1, 0.15) is 40.5 Å². The van der Waals surface area contributed by atoms with Crippen LogP contribution >= 0.6 is 0 Å². The van der Waals surface area contributed by atoms with Crippen molar-refractivity contribution in [2.24, 2.45) is 0 Å². The predicted octanol–water partition coefficient (Wildman–Crippen LogP) is 3.68. The molecule has 3 aromatic rings. The molecule has 0 aliphatic carbocycles. The molecular weight excluding hydrogens is 390 g/mol. The molecule has 1 N–H and O–H groups in total. The number of nitrogens with one attached hydrogen (secondary N) is 1. The van der Waals surface area contributed by atoms with E-state index in [4.69, 9.17) is 4.74 Å². The molecule has 0 bridgehead atoms. The van der Waals surface area contributed by atoms with Gasteiger partial charge in [0, 0.05) is 36.2 Å². The highest BCUT2D eigenvalue weighted by molar-refractivity contribution is 6.09. The number of carbonyl (C=O) groups excluding carboxylic acids is 2. The topological polar surface area (TPSA) is 63.6 Å². The van der Waals surface area contributed by atoms with Crippen LogP contribution in [0.15, 0.2) is 42.5 Å². The predicted molar refractivity (Wildman–Crippen MR) is 121 cm³/mol. The van der Waals surface area contributed by atoms with Gasteiger partial charge < -0.3 is 19.5 Å². The van der Waals surface area contributed by atoms with Gasteiger partial charge in [0.2, 0.25) is 5.91 Å². The lowest BCUT2D eigenvalue weighted by molar-refractivity contribution is -0.131. The van der Waals surface area contributed by atoms with E-state index in [2.05, 4.69) is 28.9 Å². The first-order chi connectivity index (χ1) is 15.0. The lowest BCUT2D eigenvalue weighted by atomic mass is 10.00. The Labute approximate surface area is 182 Å². The van der Waals surface area contributed by atoms with Crippen LogP contribution in [0.2, 0.25) is 0 Å². The summed E-state index contributed by atoms with van der Waals surface area (Å²) in [5.41, 5.74) is 4.99. The van der Waals surface area contributed by atoms with E-state index >= 15 is 0 Å². The Kier molecular flexibility index (Phi) is 5.98. The Hall–Kier alpha value is -3.28. The minimum atomic E-state index is -0.226. The van der Waals surface area contributed by atoms with Gasteiger partial charge in [-0.3, -0.25) is 9.59 Å². The number of hydrogen-bond donors (Lipinski definition) is 1. The van der Waals surface area contributed by atoms with Crippen LogP contribution in [-0.4, -0.2) is 41.5 Å². The number of ether oxygens (including phenoxy) is 1. The molecule has 0 spiro atoms. The number of aryl methyl sites for hydroxylation is 1. The fraction of sp³-hybridized carbons (Fsp3) is 0.360. The molecule has 1 aromatic heterocycles. The molecule has 1 aliphatic heterocycles. The number of nitrogens with zero attached hydrogens (tertiary/aromatic N) is 2. The zero-order valence-electron chi connectivity index (χ0n) is 18.4. The van der Waals surface area contributed by atoms with Crippen LogP contribution in [0.25, 0.3) is 10.9 Å². The summed E-state index contributed by atoms with van der Waals surface area (Å²) in [6, 6.07) is 14.0. The number of aromatic nitrogens is 1. The van der Waals surface area contributed by atoms with Crippen LogP contribution in [0.4, 0.5) is 0 Å². The van der Waals surface area contributed by atoms with Crippen molar-refractivity contribution in [2.45, 2.75) is 39.8 Å². The number of rotatable bonds is 6. The smallest absolute Gasteiger partial charge is 0.254 e. The van der Waals surface area contributed by atoms with Crippen molar-refractivity contribution in [2.75, 3.05) is 20.2 Å². The number of methoxy groups -OCH3 is 1. The number of fused-ring (bicyclic) bond motifs is 2. The molecular formula is C25H29N3O3. The third-order valence-electron chi connectivity index (χ3n) is 6.09. The minimum absolute atomic E-state index is 0.00907. The Morgan fingerprint density at radius 2 is 1.90 bits per heavy atom. The average Bonchev–Trinajstić information content (AvgIpc) is 3.07. The molecule has 0 saturated heterocycles. The first kappa shape index (κ1) is 21.0. The van der Waals surface area contributed by atoms with Crippen molar-refractivity contribution >= 4 is 22.7 Å². The van der Waals surface area contributed by atoms with Crippen LogP contribution in [-0.2, 0) is 24.3 Å². The molecule has 0 unspecified atom stereocenters. The summed E-state index contributed by atoms with van der Waals surface area (Å²) >= 11 is 0. The van der Waals surface area contributed by atoms with E-state index < -0.39 is 0 Å². The van der Waals surface area contributed by atoms with Crippen molar-refractivity contribution in [3.8, 4) is 5.75 Å². The minimum Gasteiger partial charge on any atom is -0.497 e. The zero-order chi connectivity index (χ0) is 22.0. The monoisotopic (exact) mass is 419 g/mol. The van der Waals surface area contributed by atoms with E-state index in [1.165, 1.54) is 11.1 Å². The molecule has 0 saturated carbocycles. The number of benzene rings is 2. The first-order valence-electron chi connectivity index (χ1n) is 10.8. The van der Waals surface area contributed by atoms with E-state index in [0.717, 1.165) is 36.0 Å². The summed E-state index contributed by atoms with van der Waals surface area (Å²) in [5.74, 6) is 0.421. The third kappa shape index (κ3) is 4.02. The number of hydrogen-bond acceptors (Lipinski definition) is 3. The highest BCUT2D eigenvalue weighted by atomic mass is 16.5. The third-order valence-corrected chi connectivity index (χ3v) is 6.09. The average molecular weight is 420 g/mol. The Morgan fingerprint density at radius 1 is 1.13 bits per heavy atom. The quantitative estimate of drug-likeness (QED) is 0.663. The fourth-order valence-electron chi connectivity index (χ4n) is 4.45. The van der Waals surface area contributed by atoms with Gasteiger partial charge in [-0.2, -0.15) is 0 Å². The van der Waals surface area contributed by atoms with Crippen LogP contribution in [0.3, 0.4) is 0 Å². The van der Waals surface area contributed by atoms with Crippen molar-refractivity contribution < 1.29 is 14.3 Å². The summed E-state index contributed by atoms with van der Waals surface area (Å²) in [4.78, 5) is 27.8. The second kappa shape index (κ2) is 8.84. The molecule has 0 atom stereocenters. The van der Waals surface area contributed by atoms with Crippen molar-refractivity contribution in [1.29, 1.82) is 0 Å². The molecule has 1 aliphatic rings. The lowest BCUT2D eigenvalue weighted by Gasteiger charge is -2.29. The SMILES string of the molecule is CCCn1c(C)c(C(=O)NCC(=O)N2CCc3ccccc3C2)c2cc(OC)ccc21. The van der Waals surface area contributed by atoms with Gasteiger partial charge >= 0.3 is 0 Å². The molecule has 2 heterocycles. The van der Waals surface area contributed by atoms with E-state index in [-0.39, 0.29) is 18.4 Å². The highest BCUT2D eigenvalue weighted by Crippen LogP contribution is 2.29.